The van der Waals surface area contributed by atoms with Gasteiger partial charge in [-0.05, 0) is 0 Å². The number of ether oxygens (including phenoxy) is 2. The summed E-state index contributed by atoms with van der Waals surface area (Å²) in [6.07, 6.45) is 3.91. The molecule has 1 aliphatic heterocycles. The number of aromatic nitrogens is 4. The molecule has 1 aromatic carbocycles. The number of aldehydes is 1. The van der Waals surface area contributed by atoms with Crippen LogP contribution < -0.4 is 15.0 Å². The Morgan fingerprint density at radius 2 is 2.09 bits per heavy atom. The van der Waals surface area contributed by atoms with E-state index in [-0.39, 0.29) is 23.1 Å². The molecule has 0 unspecified atom stereocenters. The molecular formula is C23H27N7O5. The number of nitrogens with zero attached hydrogens (tertiary/aromatic N) is 6. The van der Waals surface area contributed by atoms with Crippen molar-refractivity contribution in [2.45, 2.75) is 32.2 Å². The van der Waals surface area contributed by atoms with Crippen molar-refractivity contribution in [3.63, 3.8) is 0 Å². The van der Waals surface area contributed by atoms with Crippen LogP contribution in [0.4, 0.5) is 23.0 Å². The average Bonchev–Trinajstić information content (AvgIpc) is 3.23. The minimum absolute atomic E-state index is 0.0561. The van der Waals surface area contributed by atoms with Gasteiger partial charge in [-0.2, -0.15) is 10.1 Å². The van der Waals surface area contributed by atoms with Gasteiger partial charge in [0, 0.05) is 43.1 Å². The molecule has 0 bridgehead atoms. The van der Waals surface area contributed by atoms with Gasteiger partial charge in [0.15, 0.2) is 12.1 Å². The molecule has 0 aliphatic carbocycles. The molecule has 1 saturated heterocycles. The van der Waals surface area contributed by atoms with E-state index < -0.39 is 4.92 Å². The number of nitro benzene ring substituents is 1. The fourth-order valence-corrected chi connectivity index (χ4v) is 3.73. The van der Waals surface area contributed by atoms with Crippen LogP contribution in [0, 0.1) is 10.1 Å². The summed E-state index contributed by atoms with van der Waals surface area (Å²) in [6, 6.07) is 4.72. The Morgan fingerprint density at radius 3 is 2.63 bits per heavy atom. The zero-order valence-corrected chi connectivity index (χ0v) is 20.2. The average molecular weight is 482 g/mol. The summed E-state index contributed by atoms with van der Waals surface area (Å²) in [5.74, 6) is 1.00. The van der Waals surface area contributed by atoms with Crippen LogP contribution in [0.2, 0.25) is 0 Å². The third-order valence-electron chi connectivity index (χ3n) is 5.74. The lowest BCUT2D eigenvalue weighted by Crippen LogP contribution is -2.47. The Labute approximate surface area is 202 Å². The molecule has 12 nitrogen and oxygen atoms in total. The Balaban J connectivity index is 1.69. The Hall–Kier alpha value is -4.06. The monoisotopic (exact) mass is 481 g/mol. The van der Waals surface area contributed by atoms with E-state index in [9.17, 15) is 14.9 Å². The summed E-state index contributed by atoms with van der Waals surface area (Å²) in [6.45, 7) is 6.92. The first kappa shape index (κ1) is 24.1. The molecule has 3 heterocycles. The van der Waals surface area contributed by atoms with Gasteiger partial charge in [-0.15, -0.1) is 0 Å². The number of methoxy groups -OCH3 is 1. The Kier molecular flexibility index (Phi) is 6.39. The first-order chi connectivity index (χ1) is 16.6. The zero-order chi connectivity index (χ0) is 25.3. The predicted molar refractivity (Wildman–Crippen MR) is 129 cm³/mol. The SMILES string of the molecule is COc1cc(N(C)C2COC2)c([N+](=O)[O-])cc1Nc1nccc(-n2cc(C=O)c(C(C)(C)C)n2)n1. The standard InChI is InChI=1S/C23H27N7O5/c1-23(2,3)21-14(11-31)10-29(27-21)20-6-7-24-22(26-20)25-16-8-18(30(32)33)17(9-19(16)34-5)28(4)15-12-35-13-15/h6-11,15H,12-13H2,1-5H3,(H,24,25,26). The van der Waals surface area contributed by atoms with E-state index in [0.717, 1.165) is 6.29 Å². The predicted octanol–water partition coefficient (Wildman–Crippen LogP) is 3.27. The number of nitro groups is 1. The minimum atomic E-state index is -0.439. The Morgan fingerprint density at radius 1 is 1.34 bits per heavy atom. The molecule has 1 N–H and O–H groups in total. The van der Waals surface area contributed by atoms with Crippen molar-refractivity contribution in [2.75, 3.05) is 37.6 Å². The van der Waals surface area contributed by atoms with Crippen molar-refractivity contribution in [2.24, 2.45) is 0 Å². The van der Waals surface area contributed by atoms with Crippen LogP contribution in [0.15, 0.2) is 30.6 Å². The van der Waals surface area contributed by atoms with Crippen molar-refractivity contribution < 1.29 is 19.2 Å². The van der Waals surface area contributed by atoms with Crippen LogP contribution in [0.3, 0.4) is 0 Å². The molecule has 0 spiro atoms. The number of hydrogen-bond acceptors (Lipinski definition) is 10. The minimum Gasteiger partial charge on any atom is -0.494 e. The number of carbonyl (C=O) groups excluding carboxylic acids is 1. The number of carbonyl (C=O) groups is 1. The molecule has 1 aliphatic rings. The second-order valence-corrected chi connectivity index (χ2v) is 9.21. The highest BCUT2D eigenvalue weighted by Gasteiger charge is 2.30. The van der Waals surface area contributed by atoms with Crippen molar-refractivity contribution in [3.8, 4) is 11.6 Å². The van der Waals surface area contributed by atoms with Crippen molar-refractivity contribution >= 4 is 29.3 Å². The Bertz CT molecular complexity index is 1260. The lowest BCUT2D eigenvalue weighted by Gasteiger charge is -2.36. The normalized spacial score (nSPS) is 13.7. The van der Waals surface area contributed by atoms with Crippen LogP contribution in [0.1, 0.15) is 36.8 Å². The molecule has 0 saturated carbocycles. The van der Waals surface area contributed by atoms with E-state index in [1.165, 1.54) is 24.1 Å². The topological polar surface area (TPSA) is 138 Å². The number of likely N-dealkylation sites (N-methyl/N-ethyl adjacent to an activating group) is 1. The third kappa shape index (κ3) is 4.78. The molecular weight excluding hydrogens is 454 g/mol. The van der Waals surface area contributed by atoms with E-state index in [0.29, 0.717) is 47.4 Å². The summed E-state index contributed by atoms with van der Waals surface area (Å²) < 4.78 is 12.2. The van der Waals surface area contributed by atoms with E-state index in [4.69, 9.17) is 9.47 Å². The number of benzene rings is 1. The van der Waals surface area contributed by atoms with Gasteiger partial charge in [0.1, 0.15) is 11.4 Å². The summed E-state index contributed by atoms with van der Waals surface area (Å²) in [5.41, 5.74) is 1.46. The van der Waals surface area contributed by atoms with Crippen LogP contribution >= 0.6 is 0 Å². The summed E-state index contributed by atoms with van der Waals surface area (Å²) in [4.78, 5) is 33.5. The van der Waals surface area contributed by atoms with Crippen molar-refractivity contribution in [1.82, 2.24) is 19.7 Å². The largest absolute Gasteiger partial charge is 0.494 e. The molecule has 1 fully saturated rings. The number of hydrogen-bond donors (Lipinski definition) is 1. The maximum Gasteiger partial charge on any atom is 0.294 e. The van der Waals surface area contributed by atoms with E-state index in [1.54, 1.807) is 25.4 Å². The summed E-state index contributed by atoms with van der Waals surface area (Å²) in [7, 11) is 3.27. The van der Waals surface area contributed by atoms with Gasteiger partial charge in [-0.25, -0.2) is 9.67 Å². The van der Waals surface area contributed by atoms with E-state index in [1.807, 2.05) is 25.7 Å². The van der Waals surface area contributed by atoms with Gasteiger partial charge in [0.2, 0.25) is 5.95 Å². The second-order valence-electron chi connectivity index (χ2n) is 9.21. The molecule has 4 rings (SSSR count). The number of nitrogens with one attached hydrogen (secondary N) is 1. The maximum absolute atomic E-state index is 11.8. The first-order valence-electron chi connectivity index (χ1n) is 10.9. The zero-order valence-electron chi connectivity index (χ0n) is 20.2. The third-order valence-corrected chi connectivity index (χ3v) is 5.74. The van der Waals surface area contributed by atoms with Crippen LogP contribution in [0.25, 0.3) is 5.82 Å². The fourth-order valence-electron chi connectivity index (χ4n) is 3.73. The quantitative estimate of drug-likeness (QED) is 0.290. The number of rotatable bonds is 8. The van der Waals surface area contributed by atoms with Crippen molar-refractivity contribution in [1.29, 1.82) is 0 Å². The van der Waals surface area contributed by atoms with Gasteiger partial charge < -0.3 is 19.7 Å². The molecule has 0 radical (unpaired) electrons. The highest BCUT2D eigenvalue weighted by atomic mass is 16.6. The fraction of sp³-hybridized carbons (Fsp3) is 0.391. The number of anilines is 3. The van der Waals surface area contributed by atoms with Gasteiger partial charge in [-0.1, -0.05) is 20.8 Å². The lowest BCUT2D eigenvalue weighted by molar-refractivity contribution is -0.384. The second kappa shape index (κ2) is 9.29. The summed E-state index contributed by atoms with van der Waals surface area (Å²) in [5, 5.41) is 19.4. The highest BCUT2D eigenvalue weighted by Crippen LogP contribution is 2.40. The van der Waals surface area contributed by atoms with Gasteiger partial charge in [0.25, 0.3) is 5.69 Å². The van der Waals surface area contributed by atoms with Gasteiger partial charge in [0.05, 0.1) is 48.2 Å². The molecule has 12 heteroatoms. The van der Waals surface area contributed by atoms with Crippen LogP contribution in [0.5, 0.6) is 5.75 Å². The molecule has 184 valence electrons. The molecule has 3 aromatic rings. The highest BCUT2D eigenvalue weighted by molar-refractivity contribution is 5.78. The van der Waals surface area contributed by atoms with Gasteiger partial charge >= 0.3 is 0 Å². The van der Waals surface area contributed by atoms with E-state index in [2.05, 4.69) is 20.4 Å². The van der Waals surface area contributed by atoms with Crippen LogP contribution in [-0.2, 0) is 10.2 Å². The van der Waals surface area contributed by atoms with Crippen molar-refractivity contribution in [3.05, 3.63) is 52.0 Å². The van der Waals surface area contributed by atoms with Gasteiger partial charge in [-0.3, -0.25) is 14.9 Å². The smallest absolute Gasteiger partial charge is 0.294 e. The van der Waals surface area contributed by atoms with Crippen LogP contribution in [-0.4, -0.2) is 64.4 Å². The summed E-state index contributed by atoms with van der Waals surface area (Å²) >= 11 is 0. The van der Waals surface area contributed by atoms with E-state index >= 15 is 0 Å². The maximum atomic E-state index is 11.8. The molecule has 0 atom stereocenters. The lowest BCUT2D eigenvalue weighted by atomic mass is 9.90. The molecule has 0 amide bonds. The molecule has 2 aromatic heterocycles. The first-order valence-corrected chi connectivity index (χ1v) is 10.9. The molecule has 35 heavy (non-hydrogen) atoms.